The fourth-order valence-corrected chi connectivity index (χ4v) is 4.61. The monoisotopic (exact) mass is 574 g/mol. The summed E-state index contributed by atoms with van der Waals surface area (Å²) in [6.07, 6.45) is 42.8. The standard InChI is InChI=1S/C37H66O4/c1-3-5-7-9-11-13-15-17-18-19-20-21-22-24-26-28-30-32-37(39)41-36(34-38)35-40-33-31-29-27-25-23-16-14-12-10-8-6-4-2/h5,7,11,13,17-18,20-21,36,38H,3-4,6,8-10,12,14-16,19,22-35H2,1-2H3/b7-5-,13-11-,18-17-,21-20-. The van der Waals surface area contributed by atoms with Crippen molar-refractivity contribution in [1.29, 1.82) is 0 Å². The second-order valence-electron chi connectivity index (χ2n) is 11.2. The zero-order valence-electron chi connectivity index (χ0n) is 27.0. The zero-order chi connectivity index (χ0) is 29.9. The van der Waals surface area contributed by atoms with Gasteiger partial charge in [0.1, 0.15) is 6.10 Å². The average Bonchev–Trinajstić information content (AvgIpc) is 2.98. The van der Waals surface area contributed by atoms with E-state index in [9.17, 15) is 9.90 Å². The highest BCUT2D eigenvalue weighted by Gasteiger charge is 2.13. The van der Waals surface area contributed by atoms with Gasteiger partial charge in [-0.2, -0.15) is 0 Å². The van der Waals surface area contributed by atoms with Gasteiger partial charge in [-0.1, -0.05) is 146 Å². The van der Waals surface area contributed by atoms with Gasteiger partial charge in [0.2, 0.25) is 0 Å². The Bertz CT molecular complexity index is 649. The lowest BCUT2D eigenvalue weighted by Gasteiger charge is -2.15. The number of rotatable bonds is 31. The second-order valence-corrected chi connectivity index (χ2v) is 11.2. The molecule has 0 saturated carbocycles. The van der Waals surface area contributed by atoms with Crippen molar-refractivity contribution in [3.05, 3.63) is 48.6 Å². The van der Waals surface area contributed by atoms with Crippen LogP contribution in [0.1, 0.15) is 155 Å². The van der Waals surface area contributed by atoms with Crippen LogP contribution in [0.2, 0.25) is 0 Å². The molecule has 0 aliphatic heterocycles. The number of hydrogen-bond acceptors (Lipinski definition) is 4. The van der Waals surface area contributed by atoms with Crippen molar-refractivity contribution in [2.45, 2.75) is 161 Å². The van der Waals surface area contributed by atoms with Gasteiger partial charge in [-0.3, -0.25) is 4.79 Å². The molecule has 0 aromatic carbocycles. The number of aliphatic hydroxyl groups is 1. The maximum Gasteiger partial charge on any atom is 0.306 e. The normalized spacial score (nSPS) is 13.0. The Kier molecular flexibility index (Phi) is 33.2. The number of esters is 1. The quantitative estimate of drug-likeness (QED) is 0.0508. The van der Waals surface area contributed by atoms with Crippen molar-refractivity contribution in [2.75, 3.05) is 19.8 Å². The molecule has 0 bridgehead atoms. The molecule has 0 aromatic heterocycles. The first-order chi connectivity index (χ1) is 20.2. The Morgan fingerprint density at radius 1 is 0.610 bits per heavy atom. The SMILES string of the molecule is CC/C=C\C/C=C\C/C=C\C/C=C\CCCCCCC(=O)OC(CO)COCCCCCCCCCCCCCC. The summed E-state index contributed by atoms with van der Waals surface area (Å²) in [7, 11) is 0. The Hall–Kier alpha value is -1.65. The molecule has 0 saturated heterocycles. The molecule has 0 aliphatic rings. The van der Waals surface area contributed by atoms with Gasteiger partial charge in [0.05, 0.1) is 13.2 Å². The number of ether oxygens (including phenoxy) is 2. The molecule has 238 valence electrons. The molecule has 1 atom stereocenters. The van der Waals surface area contributed by atoms with E-state index in [0.29, 0.717) is 13.0 Å². The van der Waals surface area contributed by atoms with Crippen LogP contribution in [0.3, 0.4) is 0 Å². The molecule has 4 heteroatoms. The van der Waals surface area contributed by atoms with Crippen molar-refractivity contribution in [2.24, 2.45) is 0 Å². The summed E-state index contributed by atoms with van der Waals surface area (Å²) in [5, 5.41) is 9.53. The van der Waals surface area contributed by atoms with Gasteiger partial charge in [-0.15, -0.1) is 0 Å². The Labute approximate surface area is 254 Å². The van der Waals surface area contributed by atoms with Crippen LogP contribution in [0.15, 0.2) is 48.6 Å². The number of hydrogen-bond donors (Lipinski definition) is 1. The minimum atomic E-state index is -0.544. The smallest absolute Gasteiger partial charge is 0.306 e. The van der Waals surface area contributed by atoms with Gasteiger partial charge in [0.25, 0.3) is 0 Å². The topological polar surface area (TPSA) is 55.8 Å². The van der Waals surface area contributed by atoms with Gasteiger partial charge in [-0.05, 0) is 51.4 Å². The molecule has 0 heterocycles. The van der Waals surface area contributed by atoms with Gasteiger partial charge in [0, 0.05) is 13.0 Å². The third-order valence-corrected chi connectivity index (χ3v) is 7.17. The largest absolute Gasteiger partial charge is 0.457 e. The van der Waals surface area contributed by atoms with Crippen molar-refractivity contribution in [3.8, 4) is 0 Å². The Morgan fingerprint density at radius 3 is 1.66 bits per heavy atom. The van der Waals surface area contributed by atoms with E-state index in [1.54, 1.807) is 0 Å². The fourth-order valence-electron chi connectivity index (χ4n) is 4.61. The van der Waals surface area contributed by atoms with E-state index in [4.69, 9.17) is 9.47 Å². The molecule has 0 spiro atoms. The highest BCUT2D eigenvalue weighted by Crippen LogP contribution is 2.12. The molecular weight excluding hydrogens is 508 g/mol. The van der Waals surface area contributed by atoms with Crippen LogP contribution in [-0.2, 0) is 14.3 Å². The summed E-state index contributed by atoms with van der Waals surface area (Å²) in [6.45, 7) is 5.20. The van der Waals surface area contributed by atoms with Crippen LogP contribution in [0.5, 0.6) is 0 Å². The van der Waals surface area contributed by atoms with E-state index in [-0.39, 0.29) is 19.2 Å². The molecule has 0 fully saturated rings. The van der Waals surface area contributed by atoms with Crippen LogP contribution in [0.4, 0.5) is 0 Å². The third-order valence-electron chi connectivity index (χ3n) is 7.17. The van der Waals surface area contributed by atoms with Gasteiger partial charge < -0.3 is 14.6 Å². The maximum absolute atomic E-state index is 12.1. The van der Waals surface area contributed by atoms with Crippen molar-refractivity contribution >= 4 is 5.97 Å². The minimum absolute atomic E-state index is 0.181. The fraction of sp³-hybridized carbons (Fsp3) is 0.757. The van der Waals surface area contributed by atoms with Crippen LogP contribution in [0, 0.1) is 0 Å². The predicted octanol–water partition coefficient (Wildman–Crippen LogP) is 10.8. The lowest BCUT2D eigenvalue weighted by Crippen LogP contribution is -2.27. The number of carbonyl (C=O) groups excluding carboxylic acids is 1. The predicted molar refractivity (Wildman–Crippen MR) is 177 cm³/mol. The lowest BCUT2D eigenvalue weighted by molar-refractivity contribution is -0.154. The van der Waals surface area contributed by atoms with Crippen molar-refractivity contribution in [1.82, 2.24) is 0 Å². The van der Waals surface area contributed by atoms with Crippen molar-refractivity contribution in [3.63, 3.8) is 0 Å². The van der Waals surface area contributed by atoms with Gasteiger partial charge in [0.15, 0.2) is 0 Å². The Balaban J connectivity index is 3.53. The highest BCUT2D eigenvalue weighted by atomic mass is 16.6. The van der Waals surface area contributed by atoms with E-state index < -0.39 is 6.10 Å². The number of carbonyl (C=O) groups is 1. The summed E-state index contributed by atoms with van der Waals surface area (Å²) in [4.78, 5) is 12.1. The van der Waals surface area contributed by atoms with Crippen LogP contribution >= 0.6 is 0 Å². The first-order valence-electron chi connectivity index (χ1n) is 17.2. The number of aliphatic hydroxyl groups excluding tert-OH is 1. The lowest BCUT2D eigenvalue weighted by atomic mass is 10.1. The number of unbranched alkanes of at least 4 members (excludes halogenated alkanes) is 15. The summed E-state index contributed by atoms with van der Waals surface area (Å²) < 4.78 is 11.1. The summed E-state index contributed by atoms with van der Waals surface area (Å²) in [5.74, 6) is -0.225. The Morgan fingerprint density at radius 2 is 1.10 bits per heavy atom. The summed E-state index contributed by atoms with van der Waals surface area (Å²) >= 11 is 0. The van der Waals surface area contributed by atoms with Crippen LogP contribution < -0.4 is 0 Å². The molecule has 0 aromatic rings. The molecule has 41 heavy (non-hydrogen) atoms. The van der Waals surface area contributed by atoms with E-state index in [0.717, 1.165) is 64.2 Å². The summed E-state index contributed by atoms with van der Waals surface area (Å²) in [5.41, 5.74) is 0. The molecule has 0 aliphatic carbocycles. The van der Waals surface area contributed by atoms with E-state index >= 15 is 0 Å². The summed E-state index contributed by atoms with van der Waals surface area (Å²) in [6, 6.07) is 0. The zero-order valence-corrected chi connectivity index (χ0v) is 27.0. The number of allylic oxidation sites excluding steroid dienone is 8. The van der Waals surface area contributed by atoms with E-state index in [2.05, 4.69) is 62.5 Å². The van der Waals surface area contributed by atoms with E-state index in [1.807, 2.05) is 0 Å². The molecule has 0 rings (SSSR count). The molecular formula is C37H66O4. The molecule has 4 nitrogen and oxygen atoms in total. The van der Waals surface area contributed by atoms with Crippen LogP contribution in [-0.4, -0.2) is 37.0 Å². The first kappa shape index (κ1) is 39.4. The van der Waals surface area contributed by atoms with Gasteiger partial charge in [-0.25, -0.2) is 0 Å². The van der Waals surface area contributed by atoms with Crippen molar-refractivity contribution < 1.29 is 19.4 Å². The molecule has 1 unspecified atom stereocenters. The molecule has 0 amide bonds. The van der Waals surface area contributed by atoms with Crippen LogP contribution in [0.25, 0.3) is 0 Å². The molecule has 1 N–H and O–H groups in total. The van der Waals surface area contributed by atoms with E-state index in [1.165, 1.54) is 70.6 Å². The molecule has 0 radical (unpaired) electrons. The highest BCUT2D eigenvalue weighted by molar-refractivity contribution is 5.69. The van der Waals surface area contributed by atoms with Gasteiger partial charge >= 0.3 is 5.97 Å². The maximum atomic E-state index is 12.1. The first-order valence-corrected chi connectivity index (χ1v) is 17.2. The third kappa shape index (κ3) is 32.7. The minimum Gasteiger partial charge on any atom is -0.457 e. The second kappa shape index (κ2) is 34.6. The average molecular weight is 575 g/mol.